The van der Waals surface area contributed by atoms with Crippen molar-refractivity contribution in [2.24, 2.45) is 0 Å². The number of para-hydroxylation sites is 8. The summed E-state index contributed by atoms with van der Waals surface area (Å²) in [5.41, 5.74) is 38.6. The number of hydrogen-bond acceptors (Lipinski definition) is 0. The van der Waals surface area contributed by atoms with Crippen molar-refractivity contribution in [2.45, 2.75) is 0 Å². The largest absolute Gasteiger partial charge is 0.309 e. The smallest absolute Gasteiger partial charge is 0.0641 e. The first-order valence-corrected chi connectivity index (χ1v) is 47.4. The molecular formula is C132H88N6. The molecule has 0 saturated carbocycles. The Morgan fingerprint density at radius 1 is 0.109 bits per heavy atom. The maximum absolute atomic E-state index is 2.47. The minimum Gasteiger partial charge on any atom is -0.309 e. The van der Waals surface area contributed by atoms with Gasteiger partial charge in [0.1, 0.15) is 0 Å². The van der Waals surface area contributed by atoms with Crippen LogP contribution in [0.4, 0.5) is 0 Å². The summed E-state index contributed by atoms with van der Waals surface area (Å²) in [7, 11) is 0. The van der Waals surface area contributed by atoms with E-state index in [9.17, 15) is 0 Å². The monoisotopic (exact) mass is 1760 g/mol. The molecule has 6 heterocycles. The lowest BCUT2D eigenvalue weighted by Gasteiger charge is -2.17. The standard InChI is InChI=1S/C48H32N2.2C42H28N2/c1-3-12-33(13-4-1)35-22-26-39(27-23-35)49-45-20-9-7-18-41(45)43-32-48-44(31-47(43)49)42-19-8-10-21-46(42)50(48)40-28-24-36(25-29-40)38-17-11-16-37(30-38)34-14-5-2-6-15-34;1-3-12-29(13-4-1)31-22-24-33(25-23-31)43-39-21-10-8-19-37(39)41-40(43)27-26-36-35-18-7-9-20-38(35)44(42(36)41)34-17-11-16-32(28-34)30-14-5-2-6-15-30;1-3-15-29(16-4-1)31-19-7-8-20-32(31)33-21-9-13-25-39(33)44-40-26-14-11-23-35(40)37-27-41-36(28-42(37)44)34-22-10-12-24-38(34)43(41)30-17-5-2-6-18-30/h1-32H;2*1-28H. The highest BCUT2D eigenvalue weighted by Crippen LogP contribution is 2.48. The number of benzene rings is 22. The molecule has 138 heavy (non-hydrogen) atoms. The van der Waals surface area contributed by atoms with Gasteiger partial charge < -0.3 is 27.4 Å². The number of hydrogen-bond donors (Lipinski definition) is 0. The first-order chi connectivity index (χ1) is 68.5. The Morgan fingerprint density at radius 2 is 0.377 bits per heavy atom. The van der Waals surface area contributed by atoms with Crippen molar-refractivity contribution in [3.8, 4) is 112 Å². The van der Waals surface area contributed by atoms with E-state index in [4.69, 9.17) is 0 Å². The Morgan fingerprint density at radius 3 is 0.812 bits per heavy atom. The number of fused-ring (bicyclic) bond motifs is 19. The fraction of sp³-hybridized carbons (Fsp3) is 0. The van der Waals surface area contributed by atoms with Crippen molar-refractivity contribution in [2.75, 3.05) is 0 Å². The maximum atomic E-state index is 2.47. The van der Waals surface area contributed by atoms with Crippen molar-refractivity contribution < 1.29 is 0 Å². The molecule has 6 aromatic heterocycles. The summed E-state index contributed by atoms with van der Waals surface area (Å²) >= 11 is 0. The zero-order chi connectivity index (χ0) is 91.1. The van der Waals surface area contributed by atoms with E-state index in [1.165, 1.54) is 220 Å². The predicted octanol–water partition coefficient (Wildman–Crippen LogP) is 35.3. The van der Waals surface area contributed by atoms with E-state index in [2.05, 4.69) is 561 Å². The van der Waals surface area contributed by atoms with Crippen LogP contribution in [0.2, 0.25) is 0 Å². The molecule has 0 aliphatic heterocycles. The van der Waals surface area contributed by atoms with Crippen LogP contribution in [-0.2, 0) is 0 Å². The molecule has 28 rings (SSSR count). The Balaban J connectivity index is 0.000000107. The SMILES string of the molecule is c1ccc(-c2ccc(-n3c4ccccc4c4c3ccc3c5ccccc5n(-c5cccc(-c6ccccc6)c5)c34)cc2)cc1.c1ccc(-c2ccc(-n3c4ccccc4c4cc5c(cc43)c3ccccc3n5-c3ccc(-c4cccc(-c5ccccc5)c4)cc3)cc2)cc1.c1ccc(-c2ccccc2-c2ccccc2-n2c3ccccc3c3cc4c(cc32)c2ccccc2n4-c2ccccc2)cc1. The lowest BCUT2D eigenvalue weighted by molar-refractivity contribution is 1.17. The summed E-state index contributed by atoms with van der Waals surface area (Å²) in [6, 6.07) is 193. The summed E-state index contributed by atoms with van der Waals surface area (Å²) in [6.45, 7) is 0. The Labute approximate surface area is 798 Å². The fourth-order valence-corrected chi connectivity index (χ4v) is 21.7. The molecule has 646 valence electrons. The lowest BCUT2D eigenvalue weighted by Crippen LogP contribution is -1.98. The number of rotatable bonds is 13. The summed E-state index contributed by atoms with van der Waals surface area (Å²) in [6.07, 6.45) is 0. The number of nitrogens with zero attached hydrogens (tertiary/aromatic N) is 6. The van der Waals surface area contributed by atoms with Crippen LogP contribution in [0.25, 0.3) is 243 Å². The molecule has 6 heteroatoms. The molecular weight excluding hydrogens is 1670 g/mol. The molecule has 0 aliphatic rings. The van der Waals surface area contributed by atoms with E-state index in [1.807, 2.05) is 0 Å². The van der Waals surface area contributed by atoms with Gasteiger partial charge in [0.05, 0.1) is 71.9 Å². The first-order valence-electron chi connectivity index (χ1n) is 47.4. The summed E-state index contributed by atoms with van der Waals surface area (Å²) in [4.78, 5) is 0. The summed E-state index contributed by atoms with van der Waals surface area (Å²) in [5.74, 6) is 0. The molecule has 0 spiro atoms. The highest BCUT2D eigenvalue weighted by atomic mass is 15.0. The second kappa shape index (κ2) is 34.0. The molecule has 0 bridgehead atoms. The van der Waals surface area contributed by atoms with Gasteiger partial charge in [0.2, 0.25) is 0 Å². The average Bonchev–Trinajstić information content (AvgIpc) is 1.55. The molecule has 0 saturated heterocycles. The van der Waals surface area contributed by atoms with E-state index >= 15 is 0 Å². The van der Waals surface area contributed by atoms with Gasteiger partial charge in [0.15, 0.2) is 0 Å². The van der Waals surface area contributed by atoms with Gasteiger partial charge in [0.25, 0.3) is 0 Å². The van der Waals surface area contributed by atoms with Crippen LogP contribution in [0.1, 0.15) is 0 Å². The fourth-order valence-electron chi connectivity index (χ4n) is 21.7. The minimum atomic E-state index is 1.15. The van der Waals surface area contributed by atoms with Gasteiger partial charge in [-0.1, -0.05) is 394 Å². The van der Waals surface area contributed by atoms with Crippen LogP contribution in [0.15, 0.2) is 534 Å². The summed E-state index contributed by atoms with van der Waals surface area (Å²) < 4.78 is 14.6. The minimum absolute atomic E-state index is 1.15. The zero-order valence-corrected chi connectivity index (χ0v) is 75.5. The van der Waals surface area contributed by atoms with Crippen molar-refractivity contribution in [1.29, 1.82) is 0 Å². The molecule has 0 radical (unpaired) electrons. The van der Waals surface area contributed by atoms with Crippen LogP contribution >= 0.6 is 0 Å². The molecule has 0 atom stereocenters. The Kier molecular flexibility index (Phi) is 19.9. The van der Waals surface area contributed by atoms with Gasteiger partial charge in [-0.3, -0.25) is 0 Å². The van der Waals surface area contributed by atoms with Crippen LogP contribution in [0.3, 0.4) is 0 Å². The molecule has 0 amide bonds. The van der Waals surface area contributed by atoms with Gasteiger partial charge in [-0.15, -0.1) is 0 Å². The third-order valence-corrected chi connectivity index (χ3v) is 28.0. The second-order valence-electron chi connectivity index (χ2n) is 35.7. The lowest BCUT2D eigenvalue weighted by atomic mass is 9.93. The Bertz CT molecular complexity index is 9510. The van der Waals surface area contributed by atoms with Crippen LogP contribution in [-0.4, -0.2) is 27.4 Å². The molecule has 6 nitrogen and oxygen atoms in total. The van der Waals surface area contributed by atoms with Gasteiger partial charge in [0, 0.05) is 98.6 Å². The van der Waals surface area contributed by atoms with Crippen molar-refractivity contribution in [3.63, 3.8) is 0 Å². The van der Waals surface area contributed by atoms with Crippen molar-refractivity contribution in [1.82, 2.24) is 27.4 Å². The molecule has 28 aromatic rings. The van der Waals surface area contributed by atoms with Gasteiger partial charge in [-0.2, -0.15) is 0 Å². The number of aromatic nitrogens is 6. The highest BCUT2D eigenvalue weighted by Gasteiger charge is 2.26. The topological polar surface area (TPSA) is 29.6 Å². The van der Waals surface area contributed by atoms with Gasteiger partial charge in [-0.25, -0.2) is 0 Å². The second-order valence-corrected chi connectivity index (χ2v) is 35.7. The normalized spacial score (nSPS) is 11.6. The third kappa shape index (κ3) is 13.8. The van der Waals surface area contributed by atoms with Crippen LogP contribution in [0, 0.1) is 0 Å². The molecule has 0 unspecified atom stereocenters. The molecule has 0 aliphatic carbocycles. The average molecular weight is 1760 g/mol. The van der Waals surface area contributed by atoms with Crippen LogP contribution < -0.4 is 0 Å². The first kappa shape index (κ1) is 80.5. The van der Waals surface area contributed by atoms with E-state index in [1.54, 1.807) is 0 Å². The van der Waals surface area contributed by atoms with Gasteiger partial charge >= 0.3 is 0 Å². The molecule has 0 N–H and O–H groups in total. The molecule has 22 aromatic carbocycles. The van der Waals surface area contributed by atoms with Crippen LogP contribution in [0.5, 0.6) is 0 Å². The Hall–Kier alpha value is -18.4. The maximum Gasteiger partial charge on any atom is 0.0641 e. The summed E-state index contributed by atoms with van der Waals surface area (Å²) in [5, 5.41) is 15.1. The van der Waals surface area contributed by atoms with E-state index < -0.39 is 0 Å². The predicted molar refractivity (Wildman–Crippen MR) is 583 cm³/mol. The third-order valence-electron chi connectivity index (χ3n) is 28.0. The molecule has 0 fully saturated rings. The van der Waals surface area contributed by atoms with Gasteiger partial charge in [-0.05, 0) is 212 Å². The van der Waals surface area contributed by atoms with E-state index in [-0.39, 0.29) is 0 Å². The van der Waals surface area contributed by atoms with E-state index in [0.717, 1.165) is 22.7 Å². The van der Waals surface area contributed by atoms with E-state index in [0.29, 0.717) is 0 Å². The van der Waals surface area contributed by atoms with Crippen molar-refractivity contribution in [3.05, 3.63) is 534 Å². The van der Waals surface area contributed by atoms with Crippen molar-refractivity contribution >= 4 is 131 Å². The highest BCUT2D eigenvalue weighted by molar-refractivity contribution is 6.27. The quantitative estimate of drug-likeness (QED) is 0.110. The zero-order valence-electron chi connectivity index (χ0n) is 75.5.